The van der Waals surface area contributed by atoms with Gasteiger partial charge in [-0.15, -0.1) is 0 Å². The minimum Gasteiger partial charge on any atom is -0.491 e. The summed E-state index contributed by atoms with van der Waals surface area (Å²) in [4.78, 5) is 38.0. The van der Waals surface area contributed by atoms with Crippen molar-refractivity contribution in [2.24, 2.45) is 5.41 Å². The van der Waals surface area contributed by atoms with Gasteiger partial charge in [-0.05, 0) is 76.2 Å². The number of carbonyl (C=O) groups is 2. The fraction of sp³-hybridized carbons (Fsp3) is 0.455. The SMILES string of the molecule is Cc1ccccc1-c1ncc(CN2CCC3(CCCCc4ccccc4OCCNC(=O)[C@H](C)NC3=O)CC2)cn1. The number of amides is 2. The van der Waals surface area contributed by atoms with Gasteiger partial charge in [0.15, 0.2) is 5.82 Å². The number of piperidine rings is 1. The summed E-state index contributed by atoms with van der Waals surface area (Å²) in [6.07, 6.45) is 8.98. The number of hydrogen-bond acceptors (Lipinski definition) is 6. The Morgan fingerprint density at radius 1 is 0.976 bits per heavy atom. The number of likely N-dealkylation sites (tertiary alicyclic amines) is 1. The number of carbonyl (C=O) groups excluding carboxylic acids is 2. The molecule has 0 bridgehead atoms. The van der Waals surface area contributed by atoms with Crippen molar-refractivity contribution in [1.29, 1.82) is 0 Å². The molecule has 8 nitrogen and oxygen atoms in total. The largest absolute Gasteiger partial charge is 0.491 e. The van der Waals surface area contributed by atoms with Crippen molar-refractivity contribution in [1.82, 2.24) is 25.5 Å². The second-order valence-electron chi connectivity index (χ2n) is 11.4. The highest BCUT2D eigenvalue weighted by molar-refractivity contribution is 5.90. The summed E-state index contributed by atoms with van der Waals surface area (Å²) < 4.78 is 5.96. The quantitative estimate of drug-likeness (QED) is 0.496. The van der Waals surface area contributed by atoms with Crippen molar-refractivity contribution >= 4 is 11.8 Å². The van der Waals surface area contributed by atoms with Crippen LogP contribution in [0.3, 0.4) is 0 Å². The summed E-state index contributed by atoms with van der Waals surface area (Å²) in [5, 5.41) is 5.93. The zero-order valence-corrected chi connectivity index (χ0v) is 24.2. The lowest BCUT2D eigenvalue weighted by Gasteiger charge is -2.41. The monoisotopic (exact) mass is 555 g/mol. The molecule has 0 unspecified atom stereocenters. The van der Waals surface area contributed by atoms with E-state index in [1.54, 1.807) is 6.92 Å². The summed E-state index contributed by atoms with van der Waals surface area (Å²) in [5.41, 5.74) is 3.96. The number of rotatable bonds is 3. The van der Waals surface area contributed by atoms with Gasteiger partial charge in [0.2, 0.25) is 11.8 Å². The number of nitrogens with zero attached hydrogens (tertiary/aromatic N) is 3. The van der Waals surface area contributed by atoms with Crippen LogP contribution >= 0.6 is 0 Å². The summed E-state index contributed by atoms with van der Waals surface area (Å²) in [6.45, 7) is 6.98. The molecule has 41 heavy (non-hydrogen) atoms. The first kappa shape index (κ1) is 28.7. The number of fused-ring (bicyclic) bond motifs is 1. The third-order valence-electron chi connectivity index (χ3n) is 8.52. The van der Waals surface area contributed by atoms with Crippen LogP contribution in [0.1, 0.15) is 55.7 Å². The van der Waals surface area contributed by atoms with E-state index in [9.17, 15) is 9.59 Å². The second kappa shape index (κ2) is 13.3. The first-order chi connectivity index (χ1) is 19.9. The zero-order valence-electron chi connectivity index (χ0n) is 24.2. The molecule has 2 aliphatic rings. The van der Waals surface area contributed by atoms with Gasteiger partial charge in [-0.1, -0.05) is 48.9 Å². The van der Waals surface area contributed by atoms with Crippen LogP contribution in [0.5, 0.6) is 5.75 Å². The molecule has 2 aromatic carbocycles. The van der Waals surface area contributed by atoms with Gasteiger partial charge in [-0.25, -0.2) is 9.97 Å². The van der Waals surface area contributed by atoms with Crippen molar-refractivity contribution in [2.75, 3.05) is 26.2 Å². The van der Waals surface area contributed by atoms with Gasteiger partial charge < -0.3 is 15.4 Å². The Morgan fingerprint density at radius 2 is 1.71 bits per heavy atom. The van der Waals surface area contributed by atoms with Crippen molar-refractivity contribution in [3.63, 3.8) is 0 Å². The summed E-state index contributed by atoms with van der Waals surface area (Å²) in [6, 6.07) is 15.6. The smallest absolute Gasteiger partial charge is 0.242 e. The molecule has 3 heterocycles. The Hall–Kier alpha value is -3.78. The van der Waals surface area contributed by atoms with Gasteiger partial charge in [0.1, 0.15) is 18.4 Å². The van der Waals surface area contributed by atoms with Crippen LogP contribution < -0.4 is 15.4 Å². The van der Waals surface area contributed by atoms with E-state index in [4.69, 9.17) is 4.74 Å². The maximum Gasteiger partial charge on any atom is 0.242 e. The molecule has 1 spiro atoms. The molecule has 5 rings (SSSR count). The average Bonchev–Trinajstić information content (AvgIpc) is 2.99. The first-order valence-electron chi connectivity index (χ1n) is 14.8. The van der Waals surface area contributed by atoms with Crippen LogP contribution in [-0.4, -0.2) is 59.0 Å². The van der Waals surface area contributed by atoms with Gasteiger partial charge in [-0.3, -0.25) is 14.5 Å². The highest BCUT2D eigenvalue weighted by Crippen LogP contribution is 2.38. The predicted molar refractivity (Wildman–Crippen MR) is 159 cm³/mol. The van der Waals surface area contributed by atoms with Gasteiger partial charge in [0.05, 0.1) is 12.0 Å². The molecular weight excluding hydrogens is 514 g/mol. The van der Waals surface area contributed by atoms with E-state index in [1.807, 2.05) is 48.8 Å². The summed E-state index contributed by atoms with van der Waals surface area (Å²) in [7, 11) is 0. The Balaban J connectivity index is 1.24. The van der Waals surface area contributed by atoms with Gasteiger partial charge in [0, 0.05) is 30.1 Å². The highest BCUT2D eigenvalue weighted by atomic mass is 16.5. The minimum absolute atomic E-state index is 0.00256. The fourth-order valence-electron chi connectivity index (χ4n) is 5.92. The van der Waals surface area contributed by atoms with Gasteiger partial charge in [-0.2, -0.15) is 0 Å². The molecule has 216 valence electrons. The molecule has 8 heteroatoms. The normalized spacial score (nSPS) is 20.6. The van der Waals surface area contributed by atoms with Crippen LogP contribution in [0.15, 0.2) is 60.9 Å². The first-order valence-corrected chi connectivity index (χ1v) is 14.8. The maximum absolute atomic E-state index is 13.7. The highest BCUT2D eigenvalue weighted by Gasteiger charge is 2.41. The van der Waals surface area contributed by atoms with E-state index in [2.05, 4.69) is 44.6 Å². The molecule has 2 aliphatic heterocycles. The van der Waals surface area contributed by atoms with Crippen LogP contribution in [0.2, 0.25) is 0 Å². The third kappa shape index (κ3) is 7.11. The van der Waals surface area contributed by atoms with Gasteiger partial charge in [0.25, 0.3) is 0 Å². The molecule has 0 saturated carbocycles. The Labute approximate surface area is 242 Å². The average molecular weight is 556 g/mol. The van der Waals surface area contributed by atoms with E-state index in [0.29, 0.717) is 13.2 Å². The van der Waals surface area contributed by atoms with Crippen LogP contribution in [0, 0.1) is 12.3 Å². The molecule has 1 saturated heterocycles. The number of nitrogens with one attached hydrogen (secondary N) is 2. The minimum atomic E-state index is -0.598. The zero-order chi connectivity index (χ0) is 28.7. The molecular formula is C33H41N5O3. The van der Waals surface area contributed by atoms with E-state index >= 15 is 0 Å². The third-order valence-corrected chi connectivity index (χ3v) is 8.52. The summed E-state index contributed by atoms with van der Waals surface area (Å²) in [5.74, 6) is 1.42. The second-order valence-corrected chi connectivity index (χ2v) is 11.4. The van der Waals surface area contributed by atoms with Crippen molar-refractivity contribution in [3.8, 4) is 17.1 Å². The standard InChI is InChI=1S/C33H41N5O3/c1-24-9-3-5-12-28(24)30-35-21-26(22-36-30)23-38-18-15-33(16-19-38)14-8-7-11-27-10-4-6-13-29(27)41-20-17-34-31(39)25(2)37-32(33)40/h3-6,9-10,12-13,21-22,25H,7-8,11,14-20,23H2,1-2H3,(H,34,39)(H,37,40)/t25-/m0/s1. The Kier molecular flexibility index (Phi) is 9.29. The molecule has 0 radical (unpaired) electrons. The molecule has 1 aromatic heterocycles. The van der Waals surface area contributed by atoms with Gasteiger partial charge >= 0.3 is 0 Å². The molecule has 1 fully saturated rings. The summed E-state index contributed by atoms with van der Waals surface area (Å²) >= 11 is 0. The Bertz CT molecular complexity index is 1330. The van der Waals surface area contributed by atoms with Crippen molar-refractivity contribution in [2.45, 2.75) is 65.0 Å². The molecule has 2 amide bonds. The number of aromatic nitrogens is 2. The lowest BCUT2D eigenvalue weighted by atomic mass is 9.73. The number of benzene rings is 2. The van der Waals surface area contributed by atoms with E-state index in [-0.39, 0.29) is 11.8 Å². The van der Waals surface area contributed by atoms with E-state index in [0.717, 1.165) is 86.4 Å². The maximum atomic E-state index is 13.7. The number of hydrogen-bond donors (Lipinski definition) is 2. The predicted octanol–water partition coefficient (Wildman–Crippen LogP) is 4.46. The Morgan fingerprint density at radius 3 is 2.49 bits per heavy atom. The molecule has 3 aromatic rings. The van der Waals surface area contributed by atoms with Crippen LogP contribution in [0.4, 0.5) is 0 Å². The number of ether oxygens (including phenoxy) is 1. The van der Waals surface area contributed by atoms with E-state index in [1.165, 1.54) is 5.56 Å². The van der Waals surface area contributed by atoms with Crippen LogP contribution in [0.25, 0.3) is 11.4 Å². The number of para-hydroxylation sites is 1. The van der Waals surface area contributed by atoms with Crippen LogP contribution in [-0.2, 0) is 22.6 Å². The topological polar surface area (TPSA) is 96.5 Å². The van der Waals surface area contributed by atoms with Crippen molar-refractivity contribution < 1.29 is 14.3 Å². The molecule has 0 aliphatic carbocycles. The lowest BCUT2D eigenvalue weighted by Crippen LogP contribution is -2.53. The fourth-order valence-corrected chi connectivity index (χ4v) is 5.92. The molecule has 2 N–H and O–H groups in total. The lowest BCUT2D eigenvalue weighted by molar-refractivity contribution is -0.138. The van der Waals surface area contributed by atoms with Crippen molar-refractivity contribution in [3.05, 3.63) is 77.6 Å². The number of aryl methyl sites for hydroxylation is 2. The van der Waals surface area contributed by atoms with E-state index < -0.39 is 11.5 Å². The molecule has 1 atom stereocenters.